The lowest BCUT2D eigenvalue weighted by Crippen LogP contribution is -2.13. The van der Waals surface area contributed by atoms with Gasteiger partial charge in [0.1, 0.15) is 11.4 Å². The summed E-state index contributed by atoms with van der Waals surface area (Å²) in [7, 11) is 0. The van der Waals surface area contributed by atoms with Gasteiger partial charge in [-0.15, -0.1) is 0 Å². The molecule has 0 aliphatic rings. The molecular weight excluding hydrogens is 323 g/mol. The number of hydrogen-bond acceptors (Lipinski definition) is 3. The first-order valence-corrected chi connectivity index (χ1v) is 7.56. The molecule has 4 nitrogen and oxygen atoms in total. The number of nitrogens with one attached hydrogen (secondary N) is 1. The van der Waals surface area contributed by atoms with E-state index < -0.39 is 0 Å². The average Bonchev–Trinajstić information content (AvgIpc) is 2.46. The van der Waals surface area contributed by atoms with Gasteiger partial charge < -0.3 is 10.1 Å². The molecule has 116 valence electrons. The molecule has 1 N–H and O–H groups in total. The molecule has 1 heterocycles. The Kier molecular flexibility index (Phi) is 5.63. The third-order valence-electron chi connectivity index (χ3n) is 2.72. The average molecular weight is 339 g/mol. The summed E-state index contributed by atoms with van der Waals surface area (Å²) in [6, 6.07) is 8.20. The number of hydrogen-bond donors (Lipinski definition) is 1. The second-order valence-electron chi connectivity index (χ2n) is 5.16. The van der Waals surface area contributed by atoms with E-state index in [9.17, 15) is 4.79 Å². The molecule has 0 saturated carbocycles. The minimum atomic E-state index is -0.352. The third-order valence-corrected chi connectivity index (χ3v) is 3.25. The zero-order valence-corrected chi connectivity index (χ0v) is 13.8. The van der Waals surface area contributed by atoms with Crippen LogP contribution in [0.15, 0.2) is 36.5 Å². The number of carbonyl (C=O) groups is 1. The number of pyridine rings is 1. The summed E-state index contributed by atoms with van der Waals surface area (Å²) < 4.78 is 5.58. The summed E-state index contributed by atoms with van der Waals surface area (Å²) in [5.41, 5.74) is 0.803. The molecule has 0 aliphatic carbocycles. The van der Waals surface area contributed by atoms with E-state index in [0.717, 1.165) is 0 Å². The summed E-state index contributed by atoms with van der Waals surface area (Å²) in [6.07, 6.45) is 1.48. The molecule has 1 aromatic heterocycles. The van der Waals surface area contributed by atoms with Crippen molar-refractivity contribution in [3.05, 3.63) is 52.3 Å². The Morgan fingerprint density at radius 1 is 1.27 bits per heavy atom. The van der Waals surface area contributed by atoms with Gasteiger partial charge in [-0.3, -0.25) is 9.78 Å². The lowest BCUT2D eigenvalue weighted by molar-refractivity contribution is 0.102. The van der Waals surface area contributed by atoms with Gasteiger partial charge in [-0.1, -0.05) is 37.0 Å². The molecule has 2 aromatic rings. The van der Waals surface area contributed by atoms with Crippen LogP contribution in [0.4, 0.5) is 5.69 Å². The van der Waals surface area contributed by atoms with Crippen molar-refractivity contribution in [2.45, 2.75) is 13.8 Å². The van der Waals surface area contributed by atoms with Gasteiger partial charge in [0, 0.05) is 16.9 Å². The van der Waals surface area contributed by atoms with Crippen molar-refractivity contribution < 1.29 is 9.53 Å². The second kappa shape index (κ2) is 7.47. The molecular formula is C16H16Cl2N2O2. The molecule has 0 radical (unpaired) electrons. The Morgan fingerprint density at radius 3 is 2.68 bits per heavy atom. The van der Waals surface area contributed by atoms with Crippen LogP contribution in [0.1, 0.15) is 24.3 Å². The summed E-state index contributed by atoms with van der Waals surface area (Å²) in [5, 5.41) is 3.61. The van der Waals surface area contributed by atoms with Crippen LogP contribution in [0.3, 0.4) is 0 Å². The Bertz CT molecular complexity index is 675. The molecule has 22 heavy (non-hydrogen) atoms. The van der Waals surface area contributed by atoms with Crippen LogP contribution in [-0.4, -0.2) is 17.5 Å². The van der Waals surface area contributed by atoms with Crippen LogP contribution >= 0.6 is 23.2 Å². The van der Waals surface area contributed by atoms with Gasteiger partial charge in [-0.2, -0.15) is 0 Å². The van der Waals surface area contributed by atoms with Crippen molar-refractivity contribution in [2.75, 3.05) is 11.9 Å². The zero-order chi connectivity index (χ0) is 16.1. The van der Waals surface area contributed by atoms with Gasteiger partial charge in [0.25, 0.3) is 5.91 Å². The summed E-state index contributed by atoms with van der Waals surface area (Å²) in [4.78, 5) is 16.0. The summed E-state index contributed by atoms with van der Waals surface area (Å²) >= 11 is 12.0. The van der Waals surface area contributed by atoms with Crippen LogP contribution in [0.5, 0.6) is 5.75 Å². The first-order valence-electron chi connectivity index (χ1n) is 6.81. The van der Waals surface area contributed by atoms with E-state index in [4.69, 9.17) is 27.9 Å². The van der Waals surface area contributed by atoms with E-state index in [1.807, 2.05) is 0 Å². The molecule has 0 fully saturated rings. The van der Waals surface area contributed by atoms with E-state index in [0.29, 0.717) is 34.0 Å². The number of amides is 1. The number of rotatable bonds is 5. The number of benzene rings is 1. The van der Waals surface area contributed by atoms with Crippen molar-refractivity contribution in [3.8, 4) is 5.75 Å². The molecule has 0 unspecified atom stereocenters. The normalized spacial score (nSPS) is 10.6. The Labute approximate surface area is 139 Å². The third kappa shape index (κ3) is 4.61. The van der Waals surface area contributed by atoms with Crippen molar-refractivity contribution >= 4 is 34.8 Å². The van der Waals surface area contributed by atoms with Gasteiger partial charge in [0.15, 0.2) is 0 Å². The first kappa shape index (κ1) is 16.6. The highest BCUT2D eigenvalue weighted by atomic mass is 35.5. The second-order valence-corrected chi connectivity index (χ2v) is 6.01. The first-order chi connectivity index (χ1) is 10.5. The minimum absolute atomic E-state index is 0.240. The smallest absolute Gasteiger partial charge is 0.274 e. The highest BCUT2D eigenvalue weighted by molar-refractivity contribution is 6.32. The summed E-state index contributed by atoms with van der Waals surface area (Å²) in [5.74, 6) is 0.646. The Balaban J connectivity index is 2.07. The topological polar surface area (TPSA) is 51.2 Å². The van der Waals surface area contributed by atoms with Gasteiger partial charge >= 0.3 is 0 Å². The van der Waals surface area contributed by atoms with Gasteiger partial charge in [-0.05, 0) is 36.2 Å². The summed E-state index contributed by atoms with van der Waals surface area (Å²) in [6.45, 7) is 4.69. The monoisotopic (exact) mass is 338 g/mol. The van der Waals surface area contributed by atoms with E-state index in [1.54, 1.807) is 24.3 Å². The van der Waals surface area contributed by atoms with Crippen LogP contribution < -0.4 is 10.1 Å². The SMILES string of the molecule is CC(C)COc1ccc(NC(=O)c2cc(Cl)ccn2)cc1Cl. The fourth-order valence-corrected chi connectivity index (χ4v) is 2.07. The Hall–Kier alpha value is -1.78. The van der Waals surface area contributed by atoms with Gasteiger partial charge in [0.2, 0.25) is 0 Å². The van der Waals surface area contributed by atoms with Gasteiger partial charge in [-0.25, -0.2) is 0 Å². The lowest BCUT2D eigenvalue weighted by Gasteiger charge is -2.11. The number of nitrogens with zero attached hydrogens (tertiary/aromatic N) is 1. The minimum Gasteiger partial charge on any atom is -0.492 e. The maximum Gasteiger partial charge on any atom is 0.274 e. The van der Waals surface area contributed by atoms with Crippen LogP contribution in [-0.2, 0) is 0 Å². The fraction of sp³-hybridized carbons (Fsp3) is 0.250. The lowest BCUT2D eigenvalue weighted by atomic mass is 10.2. The molecule has 1 aromatic carbocycles. The fourth-order valence-electron chi connectivity index (χ4n) is 1.68. The predicted octanol–water partition coefficient (Wildman–Crippen LogP) is 4.68. The van der Waals surface area contributed by atoms with Crippen LogP contribution in [0.25, 0.3) is 0 Å². The van der Waals surface area contributed by atoms with E-state index in [2.05, 4.69) is 24.1 Å². The van der Waals surface area contributed by atoms with Crippen LogP contribution in [0.2, 0.25) is 10.0 Å². The number of carbonyl (C=O) groups excluding carboxylic acids is 1. The number of halogens is 2. The number of anilines is 1. The van der Waals surface area contributed by atoms with Crippen molar-refractivity contribution in [3.63, 3.8) is 0 Å². The molecule has 0 bridgehead atoms. The van der Waals surface area contributed by atoms with Crippen molar-refractivity contribution in [2.24, 2.45) is 5.92 Å². The molecule has 0 aliphatic heterocycles. The molecule has 6 heteroatoms. The molecule has 1 amide bonds. The highest BCUT2D eigenvalue weighted by Crippen LogP contribution is 2.28. The zero-order valence-electron chi connectivity index (χ0n) is 12.3. The van der Waals surface area contributed by atoms with Crippen LogP contribution in [0, 0.1) is 5.92 Å². The molecule has 0 spiro atoms. The predicted molar refractivity (Wildman–Crippen MR) is 89.0 cm³/mol. The molecule has 2 rings (SSSR count). The Morgan fingerprint density at radius 2 is 2.05 bits per heavy atom. The van der Waals surface area contributed by atoms with Crippen molar-refractivity contribution in [1.82, 2.24) is 4.98 Å². The number of aromatic nitrogens is 1. The number of ether oxygens (including phenoxy) is 1. The quantitative estimate of drug-likeness (QED) is 0.861. The largest absolute Gasteiger partial charge is 0.492 e. The maximum atomic E-state index is 12.1. The maximum absolute atomic E-state index is 12.1. The van der Waals surface area contributed by atoms with E-state index in [-0.39, 0.29) is 11.6 Å². The van der Waals surface area contributed by atoms with E-state index >= 15 is 0 Å². The van der Waals surface area contributed by atoms with Gasteiger partial charge in [0.05, 0.1) is 11.6 Å². The standard InChI is InChI=1S/C16H16Cl2N2O2/c1-10(2)9-22-15-4-3-12(8-13(15)18)20-16(21)14-7-11(17)5-6-19-14/h3-8,10H,9H2,1-2H3,(H,20,21). The molecule has 0 atom stereocenters. The highest BCUT2D eigenvalue weighted by Gasteiger charge is 2.10. The van der Waals surface area contributed by atoms with E-state index in [1.165, 1.54) is 12.3 Å². The molecule has 0 saturated heterocycles. The van der Waals surface area contributed by atoms with Crippen molar-refractivity contribution in [1.29, 1.82) is 0 Å².